The van der Waals surface area contributed by atoms with E-state index in [1.807, 2.05) is 11.5 Å². The van der Waals surface area contributed by atoms with Crippen LogP contribution in [0.2, 0.25) is 0 Å². The third-order valence-corrected chi connectivity index (χ3v) is 5.14. The van der Waals surface area contributed by atoms with Gasteiger partial charge in [-0.1, -0.05) is 12.1 Å². The molecule has 7 nitrogen and oxygen atoms in total. The highest BCUT2D eigenvalue weighted by Crippen LogP contribution is 2.26. The van der Waals surface area contributed by atoms with Crippen molar-refractivity contribution in [3.63, 3.8) is 0 Å². The largest absolute Gasteiger partial charge is 0.493 e. The summed E-state index contributed by atoms with van der Waals surface area (Å²) in [5.74, 6) is 2.84. The highest BCUT2D eigenvalue weighted by molar-refractivity contribution is 5.81. The van der Waals surface area contributed by atoms with Gasteiger partial charge in [0.2, 0.25) is 5.91 Å². The number of amides is 1. The highest BCUT2D eigenvalue weighted by atomic mass is 16.5. The Morgan fingerprint density at radius 2 is 2.28 bits per heavy atom. The first-order chi connectivity index (χ1) is 12.2. The monoisotopic (exact) mass is 341 g/mol. The first-order valence-electron chi connectivity index (χ1n) is 8.74. The summed E-state index contributed by atoms with van der Waals surface area (Å²) in [6.45, 7) is 4.76. The van der Waals surface area contributed by atoms with E-state index in [0.717, 1.165) is 43.4 Å². The molecule has 0 fully saturated rings. The summed E-state index contributed by atoms with van der Waals surface area (Å²) in [6, 6.07) is 6.22. The molecule has 7 heteroatoms. The quantitative estimate of drug-likeness (QED) is 0.886. The number of aryl methyl sites for hydroxylation is 1. The number of hydrogen-bond acceptors (Lipinski definition) is 5. The molecule has 0 spiro atoms. The lowest BCUT2D eigenvalue weighted by atomic mass is 10.0. The zero-order chi connectivity index (χ0) is 17.4. The van der Waals surface area contributed by atoms with Gasteiger partial charge in [0.25, 0.3) is 0 Å². The smallest absolute Gasteiger partial charge is 0.238 e. The van der Waals surface area contributed by atoms with Gasteiger partial charge in [-0.05, 0) is 30.5 Å². The normalized spacial score (nSPS) is 19.2. The molecule has 1 aromatic carbocycles. The van der Waals surface area contributed by atoms with Gasteiger partial charge in [0.15, 0.2) is 0 Å². The number of fused-ring (bicyclic) bond motifs is 2. The van der Waals surface area contributed by atoms with E-state index in [2.05, 4.69) is 38.6 Å². The minimum absolute atomic E-state index is 0.0427. The van der Waals surface area contributed by atoms with Crippen molar-refractivity contribution in [3.8, 4) is 5.75 Å². The van der Waals surface area contributed by atoms with Crippen molar-refractivity contribution >= 4 is 5.91 Å². The van der Waals surface area contributed by atoms with Gasteiger partial charge in [-0.15, -0.1) is 10.2 Å². The molecule has 1 amide bonds. The molecule has 0 radical (unpaired) electrons. The Morgan fingerprint density at radius 3 is 3.12 bits per heavy atom. The van der Waals surface area contributed by atoms with Gasteiger partial charge >= 0.3 is 0 Å². The number of hydrogen-bond donors (Lipinski definition) is 1. The van der Waals surface area contributed by atoms with E-state index in [1.165, 1.54) is 11.1 Å². The number of benzene rings is 1. The molecule has 0 aliphatic carbocycles. The number of nitrogens with one attached hydrogen (secondary N) is 1. The lowest BCUT2D eigenvalue weighted by Gasteiger charge is -2.34. The van der Waals surface area contributed by atoms with Crippen LogP contribution in [0.5, 0.6) is 5.75 Å². The molecule has 1 unspecified atom stereocenters. The van der Waals surface area contributed by atoms with Crippen molar-refractivity contribution in [1.29, 1.82) is 0 Å². The Balaban J connectivity index is 1.50. The summed E-state index contributed by atoms with van der Waals surface area (Å²) < 4.78 is 7.62. The second-order valence-electron chi connectivity index (χ2n) is 6.67. The molecular weight excluding hydrogens is 318 g/mol. The third kappa shape index (κ3) is 3.00. The fraction of sp³-hybridized carbons (Fsp3) is 0.500. The molecule has 2 aliphatic heterocycles. The second-order valence-corrected chi connectivity index (χ2v) is 6.67. The molecule has 1 atom stereocenters. The van der Waals surface area contributed by atoms with Crippen LogP contribution in [0.3, 0.4) is 0 Å². The summed E-state index contributed by atoms with van der Waals surface area (Å²) in [7, 11) is 1.69. The lowest BCUT2D eigenvalue weighted by Crippen LogP contribution is -2.52. The molecule has 1 N–H and O–H groups in total. The van der Waals surface area contributed by atoms with E-state index in [1.54, 1.807) is 7.05 Å². The average Bonchev–Trinajstić information content (AvgIpc) is 3.24. The van der Waals surface area contributed by atoms with Crippen LogP contribution in [-0.2, 0) is 30.7 Å². The molecule has 2 aliphatic rings. The fourth-order valence-electron chi connectivity index (χ4n) is 3.68. The number of ether oxygens (including phenoxy) is 1. The summed E-state index contributed by atoms with van der Waals surface area (Å²) >= 11 is 0. The lowest BCUT2D eigenvalue weighted by molar-refractivity contribution is -0.127. The molecule has 3 heterocycles. The molecular formula is C18H23N5O2. The maximum atomic E-state index is 12.4. The van der Waals surface area contributed by atoms with Crippen molar-refractivity contribution in [2.75, 3.05) is 20.2 Å². The van der Waals surface area contributed by atoms with Crippen molar-refractivity contribution < 1.29 is 9.53 Å². The van der Waals surface area contributed by atoms with Crippen LogP contribution in [0.1, 0.15) is 22.8 Å². The predicted molar refractivity (Wildman–Crippen MR) is 92.4 cm³/mol. The first kappa shape index (κ1) is 16.1. The Morgan fingerprint density at radius 1 is 1.40 bits per heavy atom. The van der Waals surface area contributed by atoms with Crippen LogP contribution < -0.4 is 10.1 Å². The van der Waals surface area contributed by atoms with Gasteiger partial charge < -0.3 is 14.6 Å². The standard InChI is InChI=1S/C18H23N5O2/c1-12-20-21-17-11-22(15(10-23(12)17)18(24)19-2)7-5-13-3-4-16-14(9-13)6-8-25-16/h3-4,9,15H,5-8,10-11H2,1-2H3,(H,19,24). The van der Waals surface area contributed by atoms with E-state index < -0.39 is 0 Å². The van der Waals surface area contributed by atoms with E-state index in [4.69, 9.17) is 4.74 Å². The van der Waals surface area contributed by atoms with Crippen molar-refractivity contribution in [2.24, 2.45) is 0 Å². The molecule has 0 bridgehead atoms. The van der Waals surface area contributed by atoms with E-state index >= 15 is 0 Å². The van der Waals surface area contributed by atoms with Crippen LogP contribution >= 0.6 is 0 Å². The van der Waals surface area contributed by atoms with Crippen LogP contribution in [-0.4, -0.2) is 51.8 Å². The maximum Gasteiger partial charge on any atom is 0.238 e. The third-order valence-electron chi connectivity index (χ3n) is 5.14. The molecule has 2 aromatic rings. The van der Waals surface area contributed by atoms with Crippen LogP contribution in [0, 0.1) is 6.92 Å². The van der Waals surface area contributed by atoms with Gasteiger partial charge in [0, 0.05) is 20.0 Å². The fourth-order valence-corrected chi connectivity index (χ4v) is 3.68. The molecule has 1 aromatic heterocycles. The zero-order valence-electron chi connectivity index (χ0n) is 14.7. The van der Waals surface area contributed by atoms with Gasteiger partial charge in [0.05, 0.1) is 19.7 Å². The molecule has 0 saturated heterocycles. The minimum Gasteiger partial charge on any atom is -0.493 e. The highest BCUT2D eigenvalue weighted by Gasteiger charge is 2.32. The Hall–Kier alpha value is -2.41. The SMILES string of the molecule is CNC(=O)C1Cn2c(C)nnc2CN1CCc1ccc2c(c1)CCO2. The number of nitrogens with zero attached hydrogens (tertiary/aromatic N) is 4. The second kappa shape index (κ2) is 6.48. The van der Waals surface area contributed by atoms with Crippen LogP contribution in [0.25, 0.3) is 0 Å². The maximum absolute atomic E-state index is 12.4. The number of likely N-dealkylation sites (N-methyl/N-ethyl adjacent to an activating group) is 1. The van der Waals surface area contributed by atoms with Crippen molar-refractivity contribution in [1.82, 2.24) is 25.0 Å². The van der Waals surface area contributed by atoms with Crippen LogP contribution in [0.4, 0.5) is 0 Å². The topological polar surface area (TPSA) is 72.3 Å². The molecule has 0 saturated carbocycles. The number of carbonyl (C=O) groups excluding carboxylic acids is 1. The van der Waals surface area contributed by atoms with Gasteiger partial charge in [0.1, 0.15) is 23.4 Å². The van der Waals surface area contributed by atoms with E-state index in [9.17, 15) is 4.79 Å². The molecule has 4 rings (SSSR count). The summed E-state index contributed by atoms with van der Waals surface area (Å²) in [5, 5.41) is 11.2. The average molecular weight is 341 g/mol. The summed E-state index contributed by atoms with van der Waals surface area (Å²) in [5.41, 5.74) is 2.57. The van der Waals surface area contributed by atoms with Crippen molar-refractivity contribution in [2.45, 2.75) is 38.9 Å². The predicted octanol–water partition coefficient (Wildman–Crippen LogP) is 0.694. The molecule has 25 heavy (non-hydrogen) atoms. The van der Waals surface area contributed by atoms with Crippen LogP contribution in [0.15, 0.2) is 18.2 Å². The van der Waals surface area contributed by atoms with E-state index in [0.29, 0.717) is 13.1 Å². The number of aromatic nitrogens is 3. The van der Waals surface area contributed by atoms with Crippen molar-refractivity contribution in [3.05, 3.63) is 41.0 Å². The van der Waals surface area contributed by atoms with Gasteiger partial charge in [-0.25, -0.2) is 0 Å². The number of rotatable bonds is 4. The zero-order valence-corrected chi connectivity index (χ0v) is 14.7. The summed E-state index contributed by atoms with van der Waals surface area (Å²) in [4.78, 5) is 14.6. The van der Waals surface area contributed by atoms with Gasteiger partial charge in [-0.3, -0.25) is 9.69 Å². The summed E-state index contributed by atoms with van der Waals surface area (Å²) in [6.07, 6.45) is 1.88. The molecule has 132 valence electrons. The Kier molecular flexibility index (Phi) is 4.17. The Bertz CT molecular complexity index is 801. The first-order valence-corrected chi connectivity index (χ1v) is 8.74. The van der Waals surface area contributed by atoms with E-state index in [-0.39, 0.29) is 11.9 Å². The number of carbonyl (C=O) groups is 1. The Labute approximate surface area is 147 Å². The minimum atomic E-state index is -0.190. The van der Waals surface area contributed by atoms with Gasteiger partial charge in [-0.2, -0.15) is 0 Å².